The molecule has 0 saturated heterocycles. The number of aromatic nitrogens is 2. The average molecular weight is 710 g/mol. The van der Waals surface area contributed by atoms with Crippen molar-refractivity contribution < 1.29 is 14.6 Å². The summed E-state index contributed by atoms with van der Waals surface area (Å²) in [5, 5.41) is 14.0. The first-order valence-electron chi connectivity index (χ1n) is 9.35. The van der Waals surface area contributed by atoms with Crippen molar-refractivity contribution in [1.29, 1.82) is 0 Å². The molecule has 0 fully saturated rings. The topological polar surface area (TPSA) is 93.8 Å². The number of nitrogens with zero attached hydrogens (tertiary/aromatic N) is 3. The number of benzene rings is 2. The Labute approximate surface area is 214 Å². The van der Waals surface area contributed by atoms with E-state index in [0.717, 1.165) is 23.6 Å². The normalized spacial score (nSPS) is 12.4. The van der Waals surface area contributed by atoms with Crippen molar-refractivity contribution in [3.63, 3.8) is 0 Å². The van der Waals surface area contributed by atoms with Gasteiger partial charge in [0.05, 0.1) is 24.3 Å². The van der Waals surface area contributed by atoms with Crippen molar-refractivity contribution in [3.8, 4) is 5.75 Å². The van der Waals surface area contributed by atoms with Gasteiger partial charge in [-0.2, -0.15) is 9.78 Å². The Kier molecular flexibility index (Phi) is 8.08. The van der Waals surface area contributed by atoms with Crippen molar-refractivity contribution in [3.05, 3.63) is 63.7 Å². The fourth-order valence-corrected chi connectivity index (χ4v) is 5.25. The van der Waals surface area contributed by atoms with E-state index in [1.54, 1.807) is 12.3 Å². The van der Waals surface area contributed by atoms with Gasteiger partial charge in [-0.15, -0.1) is 0 Å². The average Bonchev–Trinajstić information content (AvgIpc) is 2.71. The van der Waals surface area contributed by atoms with Crippen molar-refractivity contribution in [1.82, 2.24) is 9.66 Å². The quantitative estimate of drug-likeness (QED) is 0.274. The number of carbonyl (C=O) groups is 1. The van der Waals surface area contributed by atoms with Gasteiger partial charge in [-0.25, -0.2) is 9.78 Å². The molecule has 0 unspecified atom stereocenters. The molecular formula is C21H18BrI2N3O4. The molecule has 0 aliphatic carbocycles. The summed E-state index contributed by atoms with van der Waals surface area (Å²) in [5.74, 6) is 0.0722. The van der Waals surface area contributed by atoms with Crippen molar-refractivity contribution in [2.24, 2.45) is 5.10 Å². The third kappa shape index (κ3) is 5.64. The number of fused-ring (bicyclic) bond motifs is 1. The minimum absolute atomic E-state index is 0.231. The van der Waals surface area contributed by atoms with E-state index in [1.807, 2.05) is 31.2 Å². The second-order valence-electron chi connectivity index (χ2n) is 6.71. The van der Waals surface area contributed by atoms with Crippen LogP contribution in [0, 0.1) is 7.14 Å². The number of carboxylic acid groups (broad SMARTS) is 1. The van der Waals surface area contributed by atoms with E-state index in [-0.39, 0.29) is 5.56 Å². The van der Waals surface area contributed by atoms with Crippen LogP contribution in [0.1, 0.15) is 31.7 Å². The summed E-state index contributed by atoms with van der Waals surface area (Å²) in [6.45, 7) is 3.50. The molecule has 162 valence electrons. The third-order valence-corrected chi connectivity index (χ3v) is 6.43. The van der Waals surface area contributed by atoms with E-state index in [2.05, 4.69) is 71.2 Å². The number of aliphatic carboxylic acids is 1. The summed E-state index contributed by atoms with van der Waals surface area (Å²) in [4.78, 5) is 28.8. The zero-order valence-corrected chi connectivity index (χ0v) is 22.5. The predicted octanol–water partition coefficient (Wildman–Crippen LogP) is 5.05. The van der Waals surface area contributed by atoms with Crippen LogP contribution in [0.3, 0.4) is 0 Å². The van der Waals surface area contributed by atoms with Gasteiger partial charge < -0.3 is 9.84 Å². The van der Waals surface area contributed by atoms with Crippen LogP contribution in [0.5, 0.6) is 5.75 Å². The molecule has 0 radical (unpaired) electrons. The maximum atomic E-state index is 13.1. The fraction of sp³-hybridized carbons (Fsp3) is 0.238. The lowest BCUT2D eigenvalue weighted by Gasteiger charge is -2.14. The lowest BCUT2D eigenvalue weighted by Crippen LogP contribution is -2.23. The van der Waals surface area contributed by atoms with Crippen LogP contribution in [0.25, 0.3) is 10.9 Å². The van der Waals surface area contributed by atoms with E-state index >= 15 is 0 Å². The molecule has 31 heavy (non-hydrogen) atoms. The van der Waals surface area contributed by atoms with Gasteiger partial charge in [-0.1, -0.05) is 22.9 Å². The Morgan fingerprint density at radius 3 is 2.61 bits per heavy atom. The maximum Gasteiger partial charge on any atom is 0.344 e. The number of hydrogen-bond acceptors (Lipinski definition) is 5. The van der Waals surface area contributed by atoms with Gasteiger partial charge in [0.15, 0.2) is 6.10 Å². The van der Waals surface area contributed by atoms with Crippen LogP contribution in [0.4, 0.5) is 0 Å². The summed E-state index contributed by atoms with van der Waals surface area (Å²) < 4.78 is 9.20. The molecule has 0 saturated carbocycles. The summed E-state index contributed by atoms with van der Waals surface area (Å²) in [6, 6.07) is 9.07. The van der Waals surface area contributed by atoms with Crippen molar-refractivity contribution in [2.45, 2.75) is 32.8 Å². The number of carboxylic acids is 1. The Bertz CT molecular complexity index is 1220. The van der Waals surface area contributed by atoms with Crippen LogP contribution in [0.2, 0.25) is 0 Å². The lowest BCUT2D eigenvalue weighted by molar-refractivity contribution is -0.144. The minimum Gasteiger partial charge on any atom is -0.479 e. The Morgan fingerprint density at radius 1 is 1.32 bits per heavy atom. The van der Waals surface area contributed by atoms with E-state index in [4.69, 9.17) is 9.84 Å². The van der Waals surface area contributed by atoms with Crippen molar-refractivity contribution >= 4 is 84.2 Å². The zero-order chi connectivity index (χ0) is 22.7. The number of halogens is 3. The molecule has 0 bridgehead atoms. The molecule has 0 amide bonds. The summed E-state index contributed by atoms with van der Waals surface area (Å²) >= 11 is 7.59. The largest absolute Gasteiger partial charge is 0.479 e. The highest BCUT2D eigenvalue weighted by atomic mass is 127. The van der Waals surface area contributed by atoms with Gasteiger partial charge >= 0.3 is 5.97 Å². The van der Waals surface area contributed by atoms with Gasteiger partial charge in [-0.05, 0) is 94.4 Å². The highest BCUT2D eigenvalue weighted by Crippen LogP contribution is 2.29. The molecular weight excluding hydrogens is 692 g/mol. The molecule has 1 atom stereocenters. The van der Waals surface area contributed by atoms with E-state index < -0.39 is 12.1 Å². The molecule has 0 aliphatic heterocycles. The zero-order valence-electron chi connectivity index (χ0n) is 16.6. The van der Waals surface area contributed by atoms with Crippen molar-refractivity contribution in [2.75, 3.05) is 0 Å². The van der Waals surface area contributed by atoms with Gasteiger partial charge in [0.25, 0.3) is 5.56 Å². The van der Waals surface area contributed by atoms with Crippen LogP contribution >= 0.6 is 61.1 Å². The monoisotopic (exact) mass is 709 g/mol. The number of aryl methyl sites for hydroxylation is 1. The molecule has 1 aromatic heterocycles. The highest BCUT2D eigenvalue weighted by molar-refractivity contribution is 14.1. The molecule has 0 aliphatic rings. The molecule has 0 spiro atoms. The molecule has 2 aromatic carbocycles. The molecule has 10 heteroatoms. The number of rotatable bonds is 7. The predicted molar refractivity (Wildman–Crippen MR) is 140 cm³/mol. The minimum atomic E-state index is -1.03. The molecule has 3 rings (SSSR count). The summed E-state index contributed by atoms with van der Waals surface area (Å²) in [5.41, 5.74) is 1.17. The lowest BCUT2D eigenvalue weighted by atomic mass is 10.2. The summed E-state index contributed by atoms with van der Waals surface area (Å²) in [7, 11) is 0. The molecule has 1 heterocycles. The smallest absolute Gasteiger partial charge is 0.344 e. The first-order valence-corrected chi connectivity index (χ1v) is 12.3. The molecule has 7 nitrogen and oxygen atoms in total. The van der Waals surface area contributed by atoms with Gasteiger partial charge in [-0.3, -0.25) is 4.79 Å². The van der Waals surface area contributed by atoms with Gasteiger partial charge in [0, 0.05) is 10.9 Å². The van der Waals surface area contributed by atoms with Crippen LogP contribution < -0.4 is 10.3 Å². The Balaban J connectivity index is 2.03. The van der Waals surface area contributed by atoms with E-state index in [9.17, 15) is 9.59 Å². The standard InChI is InChI=1S/C21H18BrI2N3O4/c1-3-4-18-26-17-6-5-13(22)9-14(17)20(28)27(18)25-10-12-7-15(23)19(16(24)8-12)31-11(2)21(29)30/h5-11H,3-4H2,1-2H3,(H,29,30)/t11-/m0/s1. The van der Waals surface area contributed by atoms with Crippen LogP contribution in [-0.2, 0) is 11.2 Å². The second kappa shape index (κ2) is 10.4. The van der Waals surface area contributed by atoms with Gasteiger partial charge in [0.1, 0.15) is 11.6 Å². The first-order chi connectivity index (χ1) is 14.7. The molecule has 3 aromatic rings. The first kappa shape index (κ1) is 24.1. The molecule has 1 N–H and O–H groups in total. The Hall–Kier alpha value is -1.54. The number of ether oxygens (including phenoxy) is 1. The van der Waals surface area contributed by atoms with E-state index in [0.29, 0.717) is 28.9 Å². The van der Waals surface area contributed by atoms with Crippen LogP contribution in [0.15, 0.2) is 44.7 Å². The SMILES string of the molecule is CCCc1nc2ccc(Br)cc2c(=O)n1N=Cc1cc(I)c(O[C@@H](C)C(=O)O)c(I)c1. The maximum absolute atomic E-state index is 13.1. The second-order valence-corrected chi connectivity index (χ2v) is 9.95. The number of hydrogen-bond donors (Lipinski definition) is 1. The van der Waals surface area contributed by atoms with Gasteiger partial charge in [0.2, 0.25) is 0 Å². The van der Waals surface area contributed by atoms with E-state index in [1.165, 1.54) is 11.6 Å². The summed E-state index contributed by atoms with van der Waals surface area (Å²) in [6.07, 6.45) is 2.08. The van der Waals surface area contributed by atoms with Crippen LogP contribution in [-0.4, -0.2) is 33.1 Å². The Morgan fingerprint density at radius 2 is 2.00 bits per heavy atom. The highest BCUT2D eigenvalue weighted by Gasteiger charge is 2.17. The third-order valence-electron chi connectivity index (χ3n) is 4.33. The fourth-order valence-electron chi connectivity index (χ4n) is 2.82.